The zero-order valence-electron chi connectivity index (χ0n) is 16.3. The van der Waals surface area contributed by atoms with Gasteiger partial charge in [0.25, 0.3) is 0 Å². The van der Waals surface area contributed by atoms with Gasteiger partial charge in [0, 0.05) is 55.3 Å². The predicted molar refractivity (Wildman–Crippen MR) is 106 cm³/mol. The highest BCUT2D eigenvalue weighted by atomic mass is 19.1. The molecule has 2 aromatic heterocycles. The van der Waals surface area contributed by atoms with Gasteiger partial charge in [-0.3, -0.25) is 14.6 Å². The van der Waals surface area contributed by atoms with E-state index in [0.717, 1.165) is 43.1 Å². The van der Waals surface area contributed by atoms with Gasteiger partial charge in [0.2, 0.25) is 0 Å². The molecule has 5 nitrogen and oxygen atoms in total. The molecule has 1 aliphatic heterocycles. The molecule has 1 fully saturated rings. The van der Waals surface area contributed by atoms with Crippen LogP contribution in [0.2, 0.25) is 0 Å². The number of rotatable bonds is 5. The maximum atomic E-state index is 14.0. The van der Waals surface area contributed by atoms with E-state index in [9.17, 15) is 4.39 Å². The second-order valence-electron chi connectivity index (χ2n) is 7.14. The summed E-state index contributed by atoms with van der Waals surface area (Å²) in [6, 6.07) is 10.6. The second-order valence-corrected chi connectivity index (χ2v) is 7.14. The van der Waals surface area contributed by atoms with E-state index in [4.69, 9.17) is 4.74 Å². The molecule has 1 atom stereocenters. The molecule has 146 valence electrons. The zero-order valence-corrected chi connectivity index (χ0v) is 16.3. The van der Waals surface area contributed by atoms with Gasteiger partial charge in [-0.2, -0.15) is 5.10 Å². The maximum absolute atomic E-state index is 14.0. The summed E-state index contributed by atoms with van der Waals surface area (Å²) in [6.45, 7) is 8.23. The predicted octanol–water partition coefficient (Wildman–Crippen LogP) is 3.99. The summed E-state index contributed by atoms with van der Waals surface area (Å²) < 4.78 is 21.9. The van der Waals surface area contributed by atoms with Crippen LogP contribution in [0.1, 0.15) is 30.0 Å². The Morgan fingerprint density at radius 1 is 1.21 bits per heavy atom. The normalized spacial score (nSPS) is 17.8. The van der Waals surface area contributed by atoms with Gasteiger partial charge < -0.3 is 4.74 Å². The number of pyridine rings is 1. The first-order valence-corrected chi connectivity index (χ1v) is 9.71. The molecule has 4 rings (SSSR count). The Balaban J connectivity index is 1.45. The van der Waals surface area contributed by atoms with Gasteiger partial charge in [-0.15, -0.1) is 0 Å². The van der Waals surface area contributed by atoms with Crippen LogP contribution in [-0.4, -0.2) is 39.4 Å². The van der Waals surface area contributed by atoms with E-state index in [2.05, 4.69) is 35.0 Å². The highest BCUT2D eigenvalue weighted by Gasteiger charge is 2.24. The van der Waals surface area contributed by atoms with E-state index in [0.29, 0.717) is 12.2 Å². The highest BCUT2D eigenvalue weighted by molar-refractivity contribution is 5.63. The standard InChI is InChI=1S/C22H25FN4O/c1-3-27-14-18(16(2)25-27)13-26-10-11-28-22(15-26)21-9-8-17(12-24-21)19-6-4-5-7-20(19)23/h4-9,12,14,22H,3,10-11,13,15H2,1-2H3/t22-/m1/s1. The molecule has 0 spiro atoms. The monoisotopic (exact) mass is 380 g/mol. The van der Waals surface area contributed by atoms with Crippen LogP contribution >= 0.6 is 0 Å². The summed E-state index contributed by atoms with van der Waals surface area (Å²) in [5.41, 5.74) is 4.56. The average molecular weight is 380 g/mol. The van der Waals surface area contributed by atoms with E-state index in [1.165, 1.54) is 11.6 Å². The number of hydrogen-bond acceptors (Lipinski definition) is 4. The fourth-order valence-corrected chi connectivity index (χ4v) is 3.59. The summed E-state index contributed by atoms with van der Waals surface area (Å²) in [5.74, 6) is -0.236. The van der Waals surface area contributed by atoms with Crippen LogP contribution in [0.5, 0.6) is 0 Å². The minimum atomic E-state index is -0.236. The van der Waals surface area contributed by atoms with Crippen molar-refractivity contribution < 1.29 is 9.13 Å². The Morgan fingerprint density at radius 3 is 2.79 bits per heavy atom. The molecule has 0 N–H and O–H groups in total. The zero-order chi connectivity index (χ0) is 19.5. The van der Waals surface area contributed by atoms with Crippen molar-refractivity contribution in [1.82, 2.24) is 19.7 Å². The molecular formula is C22H25FN4O. The van der Waals surface area contributed by atoms with Crippen molar-refractivity contribution in [2.24, 2.45) is 0 Å². The lowest BCUT2D eigenvalue weighted by Crippen LogP contribution is -2.38. The van der Waals surface area contributed by atoms with Crippen molar-refractivity contribution in [2.75, 3.05) is 19.7 Å². The molecule has 0 aliphatic carbocycles. The molecule has 0 unspecified atom stereocenters. The Morgan fingerprint density at radius 2 is 2.07 bits per heavy atom. The van der Waals surface area contributed by atoms with Crippen LogP contribution in [0.15, 0.2) is 48.8 Å². The average Bonchev–Trinajstić information content (AvgIpc) is 3.08. The quantitative estimate of drug-likeness (QED) is 0.671. The van der Waals surface area contributed by atoms with Crippen LogP contribution in [-0.2, 0) is 17.8 Å². The van der Waals surface area contributed by atoms with E-state index in [1.807, 2.05) is 22.9 Å². The molecule has 1 saturated heterocycles. The summed E-state index contributed by atoms with van der Waals surface area (Å²) in [6.07, 6.45) is 3.78. The van der Waals surface area contributed by atoms with Crippen LogP contribution in [0.25, 0.3) is 11.1 Å². The summed E-state index contributed by atoms with van der Waals surface area (Å²) in [4.78, 5) is 6.94. The second kappa shape index (κ2) is 8.20. The minimum Gasteiger partial charge on any atom is -0.369 e. The molecule has 0 bridgehead atoms. The smallest absolute Gasteiger partial charge is 0.131 e. The first kappa shape index (κ1) is 18.8. The summed E-state index contributed by atoms with van der Waals surface area (Å²) >= 11 is 0. The Kier molecular flexibility index (Phi) is 5.50. The van der Waals surface area contributed by atoms with Crippen molar-refractivity contribution in [1.29, 1.82) is 0 Å². The molecular weight excluding hydrogens is 355 g/mol. The molecule has 0 saturated carbocycles. The van der Waals surface area contributed by atoms with Gasteiger partial charge in [-0.25, -0.2) is 4.39 Å². The van der Waals surface area contributed by atoms with E-state index < -0.39 is 0 Å². The third-order valence-corrected chi connectivity index (χ3v) is 5.22. The van der Waals surface area contributed by atoms with E-state index in [1.54, 1.807) is 18.3 Å². The highest BCUT2D eigenvalue weighted by Crippen LogP contribution is 2.26. The number of benzene rings is 1. The molecule has 0 radical (unpaired) electrons. The number of ether oxygens (including phenoxy) is 1. The Hall–Kier alpha value is -2.57. The molecule has 0 amide bonds. The Labute approximate surface area is 164 Å². The molecule has 1 aliphatic rings. The van der Waals surface area contributed by atoms with Crippen molar-refractivity contribution in [3.05, 3.63) is 71.6 Å². The lowest BCUT2D eigenvalue weighted by atomic mass is 10.1. The van der Waals surface area contributed by atoms with Gasteiger partial charge in [0.15, 0.2) is 0 Å². The number of hydrogen-bond donors (Lipinski definition) is 0. The van der Waals surface area contributed by atoms with Crippen LogP contribution in [0.3, 0.4) is 0 Å². The van der Waals surface area contributed by atoms with Crippen molar-refractivity contribution in [3.63, 3.8) is 0 Å². The largest absolute Gasteiger partial charge is 0.369 e. The fraction of sp³-hybridized carbons (Fsp3) is 0.364. The van der Waals surface area contributed by atoms with Gasteiger partial charge in [0.05, 0.1) is 18.0 Å². The number of aromatic nitrogens is 3. The van der Waals surface area contributed by atoms with Crippen molar-refractivity contribution in [2.45, 2.75) is 33.0 Å². The lowest BCUT2D eigenvalue weighted by Gasteiger charge is -2.32. The minimum absolute atomic E-state index is 0.0788. The molecule has 3 aromatic rings. The van der Waals surface area contributed by atoms with Crippen LogP contribution < -0.4 is 0 Å². The van der Waals surface area contributed by atoms with Crippen LogP contribution in [0.4, 0.5) is 4.39 Å². The number of halogens is 1. The third-order valence-electron chi connectivity index (χ3n) is 5.22. The van der Waals surface area contributed by atoms with Crippen molar-refractivity contribution in [3.8, 4) is 11.1 Å². The molecule has 1 aromatic carbocycles. The van der Waals surface area contributed by atoms with Gasteiger partial charge in [-0.05, 0) is 26.0 Å². The first-order valence-electron chi connectivity index (χ1n) is 9.71. The van der Waals surface area contributed by atoms with Crippen molar-refractivity contribution >= 4 is 0 Å². The van der Waals surface area contributed by atoms with Gasteiger partial charge in [0.1, 0.15) is 11.9 Å². The van der Waals surface area contributed by atoms with Crippen LogP contribution in [0, 0.1) is 12.7 Å². The van der Waals surface area contributed by atoms with Gasteiger partial charge >= 0.3 is 0 Å². The SMILES string of the molecule is CCn1cc(CN2CCO[C@@H](c3ccc(-c4ccccc4F)cn3)C2)c(C)n1. The number of morpholine rings is 1. The molecule has 28 heavy (non-hydrogen) atoms. The van der Waals surface area contributed by atoms with Gasteiger partial charge in [-0.1, -0.05) is 24.3 Å². The van der Waals surface area contributed by atoms with E-state index >= 15 is 0 Å². The molecule has 6 heteroatoms. The summed E-state index contributed by atoms with van der Waals surface area (Å²) in [7, 11) is 0. The Bertz CT molecular complexity index is 938. The molecule has 3 heterocycles. The fourth-order valence-electron chi connectivity index (χ4n) is 3.59. The number of aryl methyl sites for hydroxylation is 2. The lowest BCUT2D eigenvalue weighted by molar-refractivity contribution is -0.0350. The maximum Gasteiger partial charge on any atom is 0.131 e. The third kappa shape index (κ3) is 3.98. The first-order chi connectivity index (χ1) is 13.6. The topological polar surface area (TPSA) is 43.2 Å². The summed E-state index contributed by atoms with van der Waals surface area (Å²) in [5, 5.41) is 4.53. The van der Waals surface area contributed by atoms with E-state index in [-0.39, 0.29) is 11.9 Å². The number of nitrogens with zero attached hydrogens (tertiary/aromatic N) is 4.